The molecule has 0 saturated heterocycles. The zero-order valence-electron chi connectivity index (χ0n) is 14.0. The topological polar surface area (TPSA) is 54.7 Å². The van der Waals surface area contributed by atoms with Crippen molar-refractivity contribution in [2.45, 2.75) is 40.7 Å². The fourth-order valence-electron chi connectivity index (χ4n) is 3.00. The van der Waals surface area contributed by atoms with Crippen molar-refractivity contribution in [2.24, 2.45) is 10.3 Å². The Morgan fingerprint density at radius 3 is 2.78 bits per heavy atom. The summed E-state index contributed by atoms with van der Waals surface area (Å²) in [6.07, 6.45) is 1.15. The first-order chi connectivity index (χ1) is 10.8. The number of aryl methyl sites for hydroxylation is 1. The van der Waals surface area contributed by atoms with Crippen molar-refractivity contribution < 1.29 is 8.42 Å². The third-order valence-corrected chi connectivity index (χ3v) is 6.50. The largest absolute Gasteiger partial charge is 0.348 e. The monoisotopic (exact) mass is 353 g/mol. The normalized spacial score (nSPS) is 19.8. The molecule has 0 aliphatic carbocycles. The van der Waals surface area contributed by atoms with E-state index < -0.39 is 10.0 Å². The lowest BCUT2D eigenvalue weighted by molar-refractivity contribution is 0.506. The molecule has 0 saturated carbocycles. The van der Waals surface area contributed by atoms with E-state index in [9.17, 15) is 8.42 Å². The summed E-state index contributed by atoms with van der Waals surface area (Å²) >= 11 is 1.40. The molecule has 0 unspecified atom stereocenters. The quantitative estimate of drug-likeness (QED) is 0.834. The fraction of sp³-hybridized carbons (Fsp3) is 0.562. The summed E-state index contributed by atoms with van der Waals surface area (Å²) < 4.78 is 29.6. The highest BCUT2D eigenvalue weighted by atomic mass is 32.2. The van der Waals surface area contributed by atoms with Crippen LogP contribution >= 0.6 is 11.8 Å². The average molecular weight is 354 g/mol. The second kappa shape index (κ2) is 6.02. The summed E-state index contributed by atoms with van der Waals surface area (Å²) in [6, 6.07) is 2.20. The Labute approximate surface area is 142 Å². The van der Waals surface area contributed by atoms with Gasteiger partial charge in [0.05, 0.1) is 11.4 Å². The minimum absolute atomic E-state index is 0.0838. The second-order valence-corrected chi connectivity index (χ2v) is 9.14. The number of amidine groups is 1. The molecule has 0 amide bonds. The third-order valence-electron chi connectivity index (χ3n) is 4.37. The number of sulfonamides is 1. The number of nitrogens with zero attached hydrogens (tertiary/aromatic N) is 3. The first-order valence-electron chi connectivity index (χ1n) is 7.92. The number of hydrogen-bond donors (Lipinski definition) is 0. The zero-order chi connectivity index (χ0) is 16.8. The molecule has 23 heavy (non-hydrogen) atoms. The molecule has 7 heteroatoms. The number of fused-ring (bicyclic) bond motifs is 1. The van der Waals surface area contributed by atoms with E-state index in [4.69, 9.17) is 0 Å². The molecule has 0 radical (unpaired) electrons. The smallest absolute Gasteiger partial charge is 0.257 e. The van der Waals surface area contributed by atoms with Crippen molar-refractivity contribution in [3.8, 4) is 0 Å². The van der Waals surface area contributed by atoms with Crippen molar-refractivity contribution in [1.29, 1.82) is 0 Å². The molecule has 1 aromatic rings. The maximum Gasteiger partial charge on any atom is 0.257 e. The van der Waals surface area contributed by atoms with Crippen LogP contribution < -0.4 is 0 Å². The van der Waals surface area contributed by atoms with Crippen molar-refractivity contribution >= 4 is 32.6 Å². The van der Waals surface area contributed by atoms with Crippen LogP contribution in [0.25, 0.3) is 5.70 Å². The Bertz CT molecular complexity index is 788. The van der Waals surface area contributed by atoms with Crippen molar-refractivity contribution in [2.75, 3.05) is 12.3 Å². The first kappa shape index (κ1) is 16.6. The van der Waals surface area contributed by atoms with Gasteiger partial charge in [-0.15, -0.1) is 4.40 Å². The summed E-state index contributed by atoms with van der Waals surface area (Å²) in [4.78, 5) is 2.03. The Morgan fingerprint density at radius 2 is 2.09 bits per heavy atom. The number of aromatic nitrogens is 1. The lowest BCUT2D eigenvalue weighted by atomic mass is 10.1. The molecule has 0 fully saturated rings. The van der Waals surface area contributed by atoms with E-state index in [1.165, 1.54) is 28.7 Å². The van der Waals surface area contributed by atoms with Gasteiger partial charge in [0.25, 0.3) is 10.0 Å². The Morgan fingerprint density at radius 1 is 1.35 bits per heavy atom. The van der Waals surface area contributed by atoms with Crippen LogP contribution in [0.1, 0.15) is 37.2 Å². The van der Waals surface area contributed by atoms with Crippen LogP contribution in [0.5, 0.6) is 0 Å². The Balaban J connectivity index is 1.91. The summed E-state index contributed by atoms with van der Waals surface area (Å²) in [5.74, 6) is 0.757. The van der Waals surface area contributed by atoms with Gasteiger partial charge in [0.1, 0.15) is 0 Å². The molecule has 2 aliphatic heterocycles. The van der Waals surface area contributed by atoms with Crippen LogP contribution in [0.4, 0.5) is 0 Å². The summed E-state index contributed by atoms with van der Waals surface area (Å²) in [5.41, 5.74) is 4.75. The van der Waals surface area contributed by atoms with Gasteiger partial charge >= 0.3 is 0 Å². The maximum atomic E-state index is 11.7. The van der Waals surface area contributed by atoms with Crippen LogP contribution in [0.3, 0.4) is 0 Å². The lowest BCUT2D eigenvalue weighted by Gasteiger charge is -2.25. The van der Waals surface area contributed by atoms with Gasteiger partial charge in [-0.05, 0) is 32.3 Å². The van der Waals surface area contributed by atoms with Crippen LogP contribution in [-0.4, -0.2) is 35.4 Å². The van der Waals surface area contributed by atoms with Crippen LogP contribution in [0.15, 0.2) is 15.9 Å². The van der Waals surface area contributed by atoms with Gasteiger partial charge in [-0.2, -0.15) is 0 Å². The summed E-state index contributed by atoms with van der Waals surface area (Å²) in [7, 11) is -3.29. The molecule has 1 aromatic heterocycles. The molecule has 0 N–H and O–H groups in total. The molecule has 0 bridgehead atoms. The van der Waals surface area contributed by atoms with E-state index in [1.54, 1.807) is 0 Å². The third kappa shape index (κ3) is 3.21. The van der Waals surface area contributed by atoms with Crippen LogP contribution in [0.2, 0.25) is 0 Å². The van der Waals surface area contributed by atoms with Crippen LogP contribution in [0, 0.1) is 19.8 Å². The molecule has 0 aromatic carbocycles. The standard InChI is InChI=1S/C16H23N3O2S2/c1-11(2)5-6-18-12(3)9-14(13(18)4)15-10-22-16-17-23(20,21)8-7-19(15)16/h9-11H,5-8H2,1-4H3. The molecule has 0 atom stereocenters. The van der Waals surface area contributed by atoms with Gasteiger partial charge < -0.3 is 9.47 Å². The Kier molecular flexibility index (Phi) is 4.35. The summed E-state index contributed by atoms with van der Waals surface area (Å²) in [6.45, 7) is 10.3. The van der Waals surface area contributed by atoms with Gasteiger partial charge in [-0.3, -0.25) is 0 Å². The molecule has 2 aliphatic rings. The van der Waals surface area contributed by atoms with Gasteiger partial charge in [-0.1, -0.05) is 25.6 Å². The molecular weight excluding hydrogens is 330 g/mol. The number of hydrogen-bond acceptors (Lipinski definition) is 4. The van der Waals surface area contributed by atoms with Gasteiger partial charge in [0.15, 0.2) is 5.17 Å². The molecule has 3 rings (SSSR count). The lowest BCUT2D eigenvalue weighted by Crippen LogP contribution is -2.34. The van der Waals surface area contributed by atoms with E-state index in [0.717, 1.165) is 18.7 Å². The van der Waals surface area contributed by atoms with Gasteiger partial charge in [-0.25, -0.2) is 8.42 Å². The highest BCUT2D eigenvalue weighted by Gasteiger charge is 2.32. The van der Waals surface area contributed by atoms with Crippen molar-refractivity contribution in [1.82, 2.24) is 9.47 Å². The van der Waals surface area contributed by atoms with E-state index in [0.29, 0.717) is 17.6 Å². The minimum atomic E-state index is -3.29. The number of rotatable bonds is 4. The highest BCUT2D eigenvalue weighted by Crippen LogP contribution is 2.37. The first-order valence-corrected chi connectivity index (χ1v) is 10.4. The SMILES string of the molecule is Cc1cc(C2=CSC3=NS(=O)(=O)CCN23)c(C)n1CCC(C)C. The van der Waals surface area contributed by atoms with Crippen LogP contribution in [-0.2, 0) is 16.6 Å². The predicted molar refractivity (Wildman–Crippen MR) is 96.9 cm³/mol. The Hall–Kier alpha value is -1.21. The van der Waals surface area contributed by atoms with Crippen molar-refractivity contribution in [3.63, 3.8) is 0 Å². The fourth-order valence-corrected chi connectivity index (χ4v) is 5.14. The molecule has 126 valence electrons. The predicted octanol–water partition coefficient (Wildman–Crippen LogP) is 3.20. The van der Waals surface area contributed by atoms with Gasteiger partial charge in [0.2, 0.25) is 0 Å². The van der Waals surface area contributed by atoms with Gasteiger partial charge in [0, 0.05) is 35.4 Å². The molecule has 5 nitrogen and oxygen atoms in total. The second-order valence-electron chi connectivity index (χ2n) is 6.55. The molecule has 0 spiro atoms. The molecule has 3 heterocycles. The zero-order valence-corrected chi connectivity index (χ0v) is 15.7. The molecular formula is C16H23N3O2S2. The highest BCUT2D eigenvalue weighted by molar-refractivity contribution is 8.17. The average Bonchev–Trinajstić information content (AvgIpc) is 2.96. The van der Waals surface area contributed by atoms with E-state index in [1.807, 2.05) is 10.3 Å². The maximum absolute atomic E-state index is 11.7. The van der Waals surface area contributed by atoms with E-state index in [-0.39, 0.29) is 5.75 Å². The minimum Gasteiger partial charge on any atom is -0.348 e. The van der Waals surface area contributed by atoms with E-state index in [2.05, 4.69) is 42.7 Å². The van der Waals surface area contributed by atoms with Crippen molar-refractivity contribution in [3.05, 3.63) is 28.4 Å². The summed E-state index contributed by atoms with van der Waals surface area (Å²) in [5, 5.41) is 2.60. The number of thioether (sulfide) groups is 1. The van der Waals surface area contributed by atoms with E-state index >= 15 is 0 Å².